The zero-order chi connectivity index (χ0) is 14.0. The van der Waals surface area contributed by atoms with Gasteiger partial charge in [-0.05, 0) is 31.9 Å². The zero-order valence-electron chi connectivity index (χ0n) is 10.7. The van der Waals surface area contributed by atoms with Crippen LogP contribution in [-0.2, 0) is 4.79 Å². The third-order valence-corrected chi connectivity index (χ3v) is 3.34. The van der Waals surface area contributed by atoms with Gasteiger partial charge in [-0.15, -0.1) is 0 Å². The molecule has 0 radical (unpaired) electrons. The maximum absolute atomic E-state index is 13.6. The average Bonchev–Trinajstić information content (AvgIpc) is 2.75. The van der Waals surface area contributed by atoms with E-state index in [1.54, 1.807) is 0 Å². The third-order valence-electron chi connectivity index (χ3n) is 3.34. The Morgan fingerprint density at radius 2 is 1.95 bits per heavy atom. The zero-order valence-corrected chi connectivity index (χ0v) is 10.7. The number of nitrogens with zero attached hydrogens (tertiary/aromatic N) is 1. The van der Waals surface area contributed by atoms with Gasteiger partial charge in [0.15, 0.2) is 0 Å². The molecule has 0 spiro atoms. The fraction of sp³-hybridized carbons (Fsp3) is 0.429. The number of hydrogen-bond donors (Lipinski definition) is 0. The Bertz CT molecular complexity index is 496. The minimum atomic E-state index is -0.863. The Labute approximate surface area is 110 Å². The topological polar surface area (TPSA) is 37.4 Å². The molecule has 1 saturated heterocycles. The lowest BCUT2D eigenvalue weighted by molar-refractivity contribution is -0.117. The van der Waals surface area contributed by atoms with Crippen LogP contribution in [0.2, 0.25) is 0 Å². The first-order chi connectivity index (χ1) is 9.00. The van der Waals surface area contributed by atoms with Crippen molar-refractivity contribution in [3.63, 3.8) is 0 Å². The highest BCUT2D eigenvalue weighted by molar-refractivity contribution is 5.95. The van der Waals surface area contributed by atoms with Crippen LogP contribution < -0.4 is 0 Å². The van der Waals surface area contributed by atoms with Gasteiger partial charge in [-0.3, -0.25) is 9.59 Å². The molecular weight excluding hydrogens is 252 g/mol. The van der Waals surface area contributed by atoms with E-state index in [-0.39, 0.29) is 18.2 Å². The van der Waals surface area contributed by atoms with Crippen LogP contribution in [0.15, 0.2) is 18.2 Å². The molecule has 1 aromatic rings. The molecule has 0 aromatic heterocycles. The van der Waals surface area contributed by atoms with E-state index in [1.807, 2.05) is 0 Å². The molecule has 1 amide bonds. The number of carbonyl (C=O) groups is 2. The molecule has 1 heterocycles. The number of rotatable bonds is 3. The van der Waals surface area contributed by atoms with Gasteiger partial charge in [-0.2, -0.15) is 0 Å². The molecule has 1 unspecified atom stereocenters. The second-order valence-corrected chi connectivity index (χ2v) is 4.80. The van der Waals surface area contributed by atoms with Gasteiger partial charge in [-0.1, -0.05) is 6.07 Å². The predicted octanol–water partition coefficient (Wildman–Crippen LogP) is 2.55. The van der Waals surface area contributed by atoms with Gasteiger partial charge in [0.05, 0.1) is 0 Å². The second-order valence-electron chi connectivity index (χ2n) is 4.80. The highest BCUT2D eigenvalue weighted by atomic mass is 19.1. The summed E-state index contributed by atoms with van der Waals surface area (Å²) in [5, 5.41) is 0. The largest absolute Gasteiger partial charge is 0.335 e. The number of hydrogen-bond acceptors (Lipinski definition) is 2. The Morgan fingerprint density at radius 1 is 1.32 bits per heavy atom. The van der Waals surface area contributed by atoms with Gasteiger partial charge in [0.2, 0.25) is 0 Å². The molecule has 5 heteroatoms. The lowest BCUT2D eigenvalue weighted by Crippen LogP contribution is -2.37. The smallest absolute Gasteiger partial charge is 0.260 e. The van der Waals surface area contributed by atoms with Crippen molar-refractivity contribution in [2.75, 3.05) is 6.54 Å². The van der Waals surface area contributed by atoms with Gasteiger partial charge in [-0.25, -0.2) is 8.78 Å². The van der Waals surface area contributed by atoms with Crippen LogP contribution in [0, 0.1) is 11.6 Å². The molecule has 1 atom stereocenters. The normalized spacial score (nSPS) is 18.7. The molecule has 1 aliphatic rings. The summed E-state index contributed by atoms with van der Waals surface area (Å²) in [6, 6.07) is 3.10. The molecule has 2 rings (SSSR count). The molecule has 0 bridgehead atoms. The van der Waals surface area contributed by atoms with E-state index in [0.29, 0.717) is 13.0 Å². The van der Waals surface area contributed by atoms with Crippen LogP contribution in [0.4, 0.5) is 8.78 Å². The van der Waals surface area contributed by atoms with Gasteiger partial charge in [0, 0.05) is 19.0 Å². The maximum Gasteiger partial charge on any atom is 0.260 e. The van der Waals surface area contributed by atoms with Crippen molar-refractivity contribution in [3.8, 4) is 0 Å². The van der Waals surface area contributed by atoms with E-state index in [4.69, 9.17) is 0 Å². The first-order valence-corrected chi connectivity index (χ1v) is 6.25. The summed E-state index contributed by atoms with van der Waals surface area (Å²) in [5.74, 6) is -2.42. The van der Waals surface area contributed by atoms with Crippen LogP contribution in [0.3, 0.4) is 0 Å². The van der Waals surface area contributed by atoms with Crippen molar-refractivity contribution in [2.45, 2.75) is 32.2 Å². The molecule has 1 aromatic carbocycles. The fourth-order valence-electron chi connectivity index (χ4n) is 2.49. The monoisotopic (exact) mass is 267 g/mol. The summed E-state index contributed by atoms with van der Waals surface area (Å²) in [6.45, 7) is 1.88. The van der Waals surface area contributed by atoms with Crippen molar-refractivity contribution in [2.24, 2.45) is 0 Å². The predicted molar refractivity (Wildman–Crippen MR) is 65.7 cm³/mol. The van der Waals surface area contributed by atoms with Crippen LogP contribution >= 0.6 is 0 Å². The van der Waals surface area contributed by atoms with Crippen LogP contribution in [0.1, 0.15) is 36.5 Å². The van der Waals surface area contributed by atoms with E-state index in [9.17, 15) is 18.4 Å². The van der Waals surface area contributed by atoms with E-state index in [2.05, 4.69) is 0 Å². The minimum Gasteiger partial charge on any atom is -0.335 e. The number of amides is 1. The van der Waals surface area contributed by atoms with Crippen molar-refractivity contribution in [1.82, 2.24) is 4.90 Å². The molecule has 19 heavy (non-hydrogen) atoms. The van der Waals surface area contributed by atoms with Crippen LogP contribution in [0.25, 0.3) is 0 Å². The summed E-state index contributed by atoms with van der Waals surface area (Å²) >= 11 is 0. The second kappa shape index (κ2) is 5.47. The summed E-state index contributed by atoms with van der Waals surface area (Å²) in [7, 11) is 0. The summed E-state index contributed by atoms with van der Waals surface area (Å²) in [5.41, 5.74) is -0.530. The Balaban J connectivity index is 2.26. The maximum atomic E-state index is 13.6. The third kappa shape index (κ3) is 2.80. The fourth-order valence-corrected chi connectivity index (χ4v) is 2.49. The Morgan fingerprint density at radius 3 is 2.53 bits per heavy atom. The van der Waals surface area contributed by atoms with Crippen molar-refractivity contribution < 1.29 is 18.4 Å². The van der Waals surface area contributed by atoms with Crippen LogP contribution in [-0.4, -0.2) is 29.2 Å². The number of Topliss-reactive ketones (excluding diaryl/α,β-unsaturated/α-hetero) is 1. The van der Waals surface area contributed by atoms with Crippen molar-refractivity contribution >= 4 is 11.7 Å². The number of benzene rings is 1. The first-order valence-electron chi connectivity index (χ1n) is 6.25. The quantitative estimate of drug-likeness (QED) is 0.844. The Hall–Kier alpha value is -1.78. The van der Waals surface area contributed by atoms with Gasteiger partial charge in [0.1, 0.15) is 23.0 Å². The molecule has 0 aliphatic carbocycles. The number of ketones is 1. The molecular formula is C14H15F2NO2. The number of halogens is 2. The Kier molecular flexibility index (Phi) is 3.93. The molecule has 1 fully saturated rings. The van der Waals surface area contributed by atoms with E-state index < -0.39 is 23.1 Å². The van der Waals surface area contributed by atoms with Crippen LogP contribution in [0.5, 0.6) is 0 Å². The molecule has 1 aliphatic heterocycles. The lowest BCUT2D eigenvalue weighted by atomic mass is 10.1. The minimum absolute atomic E-state index is 0.0290. The first kappa shape index (κ1) is 13.6. The highest BCUT2D eigenvalue weighted by Gasteiger charge is 2.32. The highest BCUT2D eigenvalue weighted by Crippen LogP contribution is 2.24. The SMILES string of the molecule is CC(=O)CC1CCCN1C(=O)c1c(F)cccc1F. The molecule has 0 N–H and O–H groups in total. The average molecular weight is 267 g/mol. The molecule has 0 saturated carbocycles. The van der Waals surface area contributed by atoms with Crippen molar-refractivity contribution in [1.29, 1.82) is 0 Å². The van der Waals surface area contributed by atoms with E-state index in [1.165, 1.54) is 17.9 Å². The molecule has 3 nitrogen and oxygen atoms in total. The number of likely N-dealkylation sites (tertiary alicyclic amines) is 1. The summed E-state index contributed by atoms with van der Waals surface area (Å²) < 4.78 is 27.2. The summed E-state index contributed by atoms with van der Waals surface area (Å²) in [6.07, 6.45) is 1.68. The van der Waals surface area contributed by atoms with Gasteiger partial charge < -0.3 is 4.90 Å². The van der Waals surface area contributed by atoms with Gasteiger partial charge in [0.25, 0.3) is 5.91 Å². The number of carbonyl (C=O) groups excluding carboxylic acids is 2. The standard InChI is InChI=1S/C14H15F2NO2/c1-9(18)8-10-4-3-7-17(10)14(19)13-11(15)5-2-6-12(13)16/h2,5-6,10H,3-4,7-8H2,1H3. The van der Waals surface area contributed by atoms with Gasteiger partial charge >= 0.3 is 0 Å². The van der Waals surface area contributed by atoms with Crippen molar-refractivity contribution in [3.05, 3.63) is 35.4 Å². The van der Waals surface area contributed by atoms with E-state index in [0.717, 1.165) is 18.6 Å². The lowest BCUT2D eigenvalue weighted by Gasteiger charge is -2.24. The molecule has 102 valence electrons. The summed E-state index contributed by atoms with van der Waals surface area (Å²) in [4.78, 5) is 24.8. The van der Waals surface area contributed by atoms with E-state index >= 15 is 0 Å².